The van der Waals surface area contributed by atoms with Crippen molar-refractivity contribution in [3.05, 3.63) is 34.9 Å². The van der Waals surface area contributed by atoms with E-state index in [4.69, 9.17) is 11.6 Å². The third-order valence-electron chi connectivity index (χ3n) is 4.78. The molecule has 1 aromatic carbocycles. The maximum atomic E-state index is 12.2. The number of carboxylic acid groups (broad SMARTS) is 1. The molecular formula is C16H18ClNO3. The maximum absolute atomic E-state index is 12.2. The Morgan fingerprint density at radius 2 is 2.05 bits per heavy atom. The van der Waals surface area contributed by atoms with Crippen LogP contribution < -0.4 is 5.32 Å². The molecule has 0 radical (unpaired) electrons. The van der Waals surface area contributed by atoms with Gasteiger partial charge in [-0.25, -0.2) is 0 Å². The van der Waals surface area contributed by atoms with Crippen LogP contribution in [-0.2, 0) is 16.0 Å². The third kappa shape index (κ3) is 2.91. The fraction of sp³-hybridized carbons (Fsp3) is 0.500. The summed E-state index contributed by atoms with van der Waals surface area (Å²) >= 11 is 5.91. The quantitative estimate of drug-likeness (QED) is 0.898. The highest BCUT2D eigenvalue weighted by molar-refractivity contribution is 6.30. The van der Waals surface area contributed by atoms with Gasteiger partial charge in [0, 0.05) is 11.1 Å². The number of carboxylic acids is 1. The second-order valence-corrected chi connectivity index (χ2v) is 6.53. The van der Waals surface area contributed by atoms with E-state index < -0.39 is 11.9 Å². The Hall–Kier alpha value is -1.55. The fourth-order valence-corrected chi connectivity index (χ4v) is 4.14. The zero-order chi connectivity index (χ0) is 15.0. The van der Waals surface area contributed by atoms with Crippen LogP contribution in [0.1, 0.15) is 24.8 Å². The van der Waals surface area contributed by atoms with Crippen LogP contribution in [0.4, 0.5) is 0 Å². The molecule has 0 saturated heterocycles. The number of amides is 1. The molecule has 2 N–H and O–H groups in total. The fourth-order valence-electron chi connectivity index (χ4n) is 3.92. The molecule has 0 heterocycles. The zero-order valence-corrected chi connectivity index (χ0v) is 12.3. The lowest BCUT2D eigenvalue weighted by molar-refractivity contribution is -0.144. The van der Waals surface area contributed by atoms with E-state index in [-0.39, 0.29) is 24.3 Å². The van der Waals surface area contributed by atoms with E-state index in [0.29, 0.717) is 10.9 Å². The highest BCUT2D eigenvalue weighted by Crippen LogP contribution is 2.48. The summed E-state index contributed by atoms with van der Waals surface area (Å²) in [6, 6.07) is 6.97. The number of nitrogens with one attached hydrogen (secondary N) is 1. The average molecular weight is 308 g/mol. The minimum Gasteiger partial charge on any atom is -0.481 e. The van der Waals surface area contributed by atoms with Crippen LogP contribution in [0.15, 0.2) is 24.3 Å². The van der Waals surface area contributed by atoms with Gasteiger partial charge >= 0.3 is 5.97 Å². The number of halogens is 1. The molecule has 4 atom stereocenters. The number of aliphatic carboxylic acids is 1. The van der Waals surface area contributed by atoms with Gasteiger partial charge in [-0.1, -0.05) is 23.7 Å². The van der Waals surface area contributed by atoms with E-state index in [9.17, 15) is 14.7 Å². The molecule has 2 aliphatic rings. The molecule has 0 aliphatic heterocycles. The number of carbonyl (C=O) groups excluding carboxylic acids is 1. The van der Waals surface area contributed by atoms with Crippen molar-refractivity contribution in [1.82, 2.24) is 5.32 Å². The van der Waals surface area contributed by atoms with Crippen molar-refractivity contribution in [2.45, 2.75) is 31.7 Å². The van der Waals surface area contributed by atoms with Crippen molar-refractivity contribution in [3.63, 3.8) is 0 Å². The van der Waals surface area contributed by atoms with Crippen molar-refractivity contribution < 1.29 is 14.7 Å². The van der Waals surface area contributed by atoms with Crippen molar-refractivity contribution in [1.29, 1.82) is 0 Å². The van der Waals surface area contributed by atoms with Gasteiger partial charge in [0.15, 0.2) is 0 Å². The first kappa shape index (κ1) is 14.4. The highest BCUT2D eigenvalue weighted by Gasteiger charge is 2.51. The summed E-state index contributed by atoms with van der Waals surface area (Å²) in [6.07, 6.45) is 3.17. The lowest BCUT2D eigenvalue weighted by Crippen LogP contribution is -2.47. The monoisotopic (exact) mass is 307 g/mol. The van der Waals surface area contributed by atoms with E-state index >= 15 is 0 Å². The lowest BCUT2D eigenvalue weighted by atomic mass is 9.84. The van der Waals surface area contributed by atoms with Crippen LogP contribution in [0.2, 0.25) is 5.02 Å². The predicted octanol–water partition coefficient (Wildman–Crippen LogP) is 2.50. The molecule has 3 rings (SSSR count). The average Bonchev–Trinajstić information content (AvgIpc) is 2.99. The van der Waals surface area contributed by atoms with E-state index in [1.54, 1.807) is 12.1 Å². The Labute approximate surface area is 128 Å². The van der Waals surface area contributed by atoms with Gasteiger partial charge in [0.05, 0.1) is 12.3 Å². The van der Waals surface area contributed by atoms with Crippen molar-refractivity contribution >= 4 is 23.5 Å². The summed E-state index contributed by atoms with van der Waals surface area (Å²) in [6.45, 7) is 0. The number of rotatable bonds is 4. The summed E-state index contributed by atoms with van der Waals surface area (Å²) < 4.78 is 0. The van der Waals surface area contributed by atoms with Gasteiger partial charge in [0.2, 0.25) is 5.91 Å². The Kier molecular flexibility index (Phi) is 3.89. The smallest absolute Gasteiger partial charge is 0.308 e. The van der Waals surface area contributed by atoms with E-state index in [0.717, 1.165) is 24.8 Å². The van der Waals surface area contributed by atoms with Crippen LogP contribution in [0, 0.1) is 17.8 Å². The molecule has 4 unspecified atom stereocenters. The Bertz CT molecular complexity index is 574. The van der Waals surface area contributed by atoms with Gasteiger partial charge in [-0.15, -0.1) is 0 Å². The summed E-state index contributed by atoms with van der Waals surface area (Å²) in [5, 5.41) is 12.9. The van der Waals surface area contributed by atoms with E-state index in [2.05, 4.69) is 5.32 Å². The second kappa shape index (κ2) is 5.68. The molecule has 21 heavy (non-hydrogen) atoms. The third-order valence-corrected chi connectivity index (χ3v) is 5.02. The van der Waals surface area contributed by atoms with Crippen molar-refractivity contribution in [3.8, 4) is 0 Å². The van der Waals surface area contributed by atoms with Gasteiger partial charge in [-0.3, -0.25) is 9.59 Å². The highest BCUT2D eigenvalue weighted by atomic mass is 35.5. The Balaban J connectivity index is 1.65. The summed E-state index contributed by atoms with van der Waals surface area (Å²) in [7, 11) is 0. The standard InChI is InChI=1S/C16H18ClNO3/c17-12-3-1-2-9(6-12)7-13(19)18-15-11-5-4-10(8-11)14(15)16(20)21/h1-3,6,10-11,14-15H,4-5,7-8H2,(H,18,19)(H,20,21). The molecule has 1 aromatic rings. The first-order chi connectivity index (χ1) is 10.0. The number of benzene rings is 1. The SMILES string of the molecule is O=C(Cc1cccc(Cl)c1)NC1C2CCC(C2)C1C(=O)O. The molecule has 112 valence electrons. The van der Waals surface area contributed by atoms with Crippen LogP contribution in [0.3, 0.4) is 0 Å². The van der Waals surface area contributed by atoms with Crippen LogP contribution >= 0.6 is 11.6 Å². The Morgan fingerprint density at radius 3 is 2.76 bits per heavy atom. The van der Waals surface area contributed by atoms with E-state index in [1.165, 1.54) is 0 Å². The number of carbonyl (C=O) groups is 2. The van der Waals surface area contributed by atoms with Gasteiger partial charge < -0.3 is 10.4 Å². The molecule has 2 aliphatic carbocycles. The number of fused-ring (bicyclic) bond motifs is 2. The first-order valence-electron chi connectivity index (χ1n) is 7.31. The summed E-state index contributed by atoms with van der Waals surface area (Å²) in [5.74, 6) is -0.785. The van der Waals surface area contributed by atoms with Crippen LogP contribution in [0.5, 0.6) is 0 Å². The number of hydrogen-bond donors (Lipinski definition) is 2. The topological polar surface area (TPSA) is 66.4 Å². The Morgan fingerprint density at radius 1 is 1.29 bits per heavy atom. The van der Waals surface area contributed by atoms with E-state index in [1.807, 2.05) is 12.1 Å². The summed E-state index contributed by atoms with van der Waals surface area (Å²) in [5.41, 5.74) is 0.843. The minimum atomic E-state index is -0.782. The summed E-state index contributed by atoms with van der Waals surface area (Å²) in [4.78, 5) is 23.6. The first-order valence-corrected chi connectivity index (χ1v) is 7.69. The predicted molar refractivity (Wildman–Crippen MR) is 79.0 cm³/mol. The van der Waals surface area contributed by atoms with Crippen molar-refractivity contribution in [2.75, 3.05) is 0 Å². The van der Waals surface area contributed by atoms with Crippen molar-refractivity contribution in [2.24, 2.45) is 17.8 Å². The van der Waals surface area contributed by atoms with Crippen LogP contribution in [-0.4, -0.2) is 23.0 Å². The molecule has 0 spiro atoms. The maximum Gasteiger partial charge on any atom is 0.308 e. The molecule has 1 amide bonds. The molecule has 4 nitrogen and oxygen atoms in total. The molecule has 2 bridgehead atoms. The van der Waals surface area contributed by atoms with Gasteiger partial charge in [0.25, 0.3) is 0 Å². The lowest BCUT2D eigenvalue weighted by Gasteiger charge is -2.28. The van der Waals surface area contributed by atoms with Gasteiger partial charge in [0.1, 0.15) is 0 Å². The van der Waals surface area contributed by atoms with Gasteiger partial charge in [-0.2, -0.15) is 0 Å². The molecule has 2 fully saturated rings. The molecular weight excluding hydrogens is 290 g/mol. The second-order valence-electron chi connectivity index (χ2n) is 6.10. The zero-order valence-electron chi connectivity index (χ0n) is 11.6. The minimum absolute atomic E-state index is 0.124. The normalized spacial score (nSPS) is 30.3. The molecule has 0 aromatic heterocycles. The number of hydrogen-bond acceptors (Lipinski definition) is 2. The largest absolute Gasteiger partial charge is 0.481 e. The molecule has 5 heteroatoms. The van der Waals surface area contributed by atoms with Gasteiger partial charge in [-0.05, 0) is 48.8 Å². The van der Waals surface area contributed by atoms with Crippen LogP contribution in [0.25, 0.3) is 0 Å². The molecule has 2 saturated carbocycles.